The maximum Gasteiger partial charge on any atom is 0.269 e. The minimum atomic E-state index is -0.0294. The van der Waals surface area contributed by atoms with Crippen LogP contribution in [0.1, 0.15) is 42.6 Å². The minimum absolute atomic E-state index is 0.0294. The minimum Gasteiger partial charge on any atom is -0.379 e. The number of aryl methyl sites for hydroxylation is 1. The Morgan fingerprint density at radius 2 is 2.05 bits per heavy atom. The van der Waals surface area contributed by atoms with Crippen LogP contribution in [-0.4, -0.2) is 59.0 Å². The van der Waals surface area contributed by atoms with E-state index in [2.05, 4.69) is 15.3 Å². The third kappa shape index (κ3) is 3.17. The first-order valence-electron chi connectivity index (χ1n) is 8.30. The molecule has 0 spiro atoms. The highest BCUT2D eigenvalue weighted by Gasteiger charge is 2.38. The van der Waals surface area contributed by atoms with Gasteiger partial charge in [-0.3, -0.25) is 14.4 Å². The molecule has 2 heterocycles. The van der Waals surface area contributed by atoms with E-state index >= 15 is 0 Å². The monoisotopic (exact) mass is 306 g/mol. The fraction of sp³-hybridized carbons (Fsp3) is 0.750. The van der Waals surface area contributed by atoms with Crippen molar-refractivity contribution < 1.29 is 9.53 Å². The van der Waals surface area contributed by atoms with E-state index in [0.717, 1.165) is 32.8 Å². The number of carbonyl (C=O) groups excluding carboxylic acids is 1. The summed E-state index contributed by atoms with van der Waals surface area (Å²) in [7, 11) is 1.80. The van der Waals surface area contributed by atoms with E-state index in [4.69, 9.17) is 4.74 Å². The molecule has 1 aromatic rings. The number of nitrogens with zero attached hydrogens (tertiary/aromatic N) is 3. The standard InChI is InChI=1S/C16H26N4O2/c1-19-14(5-8-18-19)15(21)17-13-16(6-3-2-4-7-16)20-9-11-22-12-10-20/h5,8H,2-4,6-7,9-13H2,1H3,(H,17,21). The molecule has 1 aliphatic carbocycles. The molecular weight excluding hydrogens is 280 g/mol. The first-order valence-corrected chi connectivity index (χ1v) is 8.30. The molecule has 0 unspecified atom stereocenters. The topological polar surface area (TPSA) is 59.4 Å². The van der Waals surface area contributed by atoms with Crippen LogP contribution in [0.5, 0.6) is 0 Å². The largest absolute Gasteiger partial charge is 0.379 e. The second kappa shape index (κ2) is 6.79. The second-order valence-electron chi connectivity index (χ2n) is 6.41. The quantitative estimate of drug-likeness (QED) is 0.907. The van der Waals surface area contributed by atoms with E-state index in [1.807, 2.05) is 0 Å². The van der Waals surface area contributed by atoms with E-state index in [-0.39, 0.29) is 11.4 Å². The van der Waals surface area contributed by atoms with E-state index in [1.54, 1.807) is 24.0 Å². The van der Waals surface area contributed by atoms with Crippen molar-refractivity contribution in [3.8, 4) is 0 Å². The highest BCUT2D eigenvalue weighted by Crippen LogP contribution is 2.33. The van der Waals surface area contributed by atoms with Gasteiger partial charge in [0, 0.05) is 38.4 Å². The van der Waals surface area contributed by atoms with Crippen LogP contribution in [-0.2, 0) is 11.8 Å². The van der Waals surface area contributed by atoms with Gasteiger partial charge in [-0.25, -0.2) is 0 Å². The highest BCUT2D eigenvalue weighted by atomic mass is 16.5. The van der Waals surface area contributed by atoms with Gasteiger partial charge in [-0.1, -0.05) is 19.3 Å². The summed E-state index contributed by atoms with van der Waals surface area (Å²) < 4.78 is 7.12. The smallest absolute Gasteiger partial charge is 0.269 e. The average molecular weight is 306 g/mol. The average Bonchev–Trinajstić information content (AvgIpc) is 3.00. The van der Waals surface area contributed by atoms with Gasteiger partial charge in [-0.05, 0) is 18.9 Å². The zero-order valence-corrected chi connectivity index (χ0v) is 13.4. The van der Waals surface area contributed by atoms with Crippen molar-refractivity contribution in [2.24, 2.45) is 7.05 Å². The molecule has 0 bridgehead atoms. The number of hydrogen-bond donors (Lipinski definition) is 1. The third-order valence-corrected chi connectivity index (χ3v) is 5.10. The predicted molar refractivity (Wildman–Crippen MR) is 83.7 cm³/mol. The van der Waals surface area contributed by atoms with E-state index in [0.29, 0.717) is 5.69 Å². The van der Waals surface area contributed by atoms with E-state index < -0.39 is 0 Å². The summed E-state index contributed by atoms with van der Waals surface area (Å²) in [4.78, 5) is 14.9. The molecule has 0 atom stereocenters. The normalized spacial score (nSPS) is 22.4. The molecule has 1 N–H and O–H groups in total. The number of aromatic nitrogens is 2. The number of nitrogens with one attached hydrogen (secondary N) is 1. The Kier molecular flexibility index (Phi) is 4.78. The van der Waals surface area contributed by atoms with Gasteiger partial charge in [0.25, 0.3) is 5.91 Å². The molecule has 0 radical (unpaired) electrons. The van der Waals surface area contributed by atoms with Crippen molar-refractivity contribution in [2.45, 2.75) is 37.6 Å². The van der Waals surface area contributed by atoms with Crippen LogP contribution in [0.4, 0.5) is 0 Å². The molecule has 2 fully saturated rings. The molecule has 6 heteroatoms. The summed E-state index contributed by atoms with van der Waals surface area (Å²) in [5.41, 5.74) is 0.726. The number of amides is 1. The van der Waals surface area contributed by atoms with Crippen molar-refractivity contribution >= 4 is 5.91 Å². The van der Waals surface area contributed by atoms with Crippen LogP contribution in [0.2, 0.25) is 0 Å². The van der Waals surface area contributed by atoms with Crippen LogP contribution in [0, 0.1) is 0 Å². The van der Waals surface area contributed by atoms with Gasteiger partial charge < -0.3 is 10.1 Å². The second-order valence-corrected chi connectivity index (χ2v) is 6.41. The van der Waals surface area contributed by atoms with Crippen molar-refractivity contribution in [3.63, 3.8) is 0 Å². The molecule has 1 saturated carbocycles. The van der Waals surface area contributed by atoms with Crippen LogP contribution < -0.4 is 5.32 Å². The molecule has 3 rings (SSSR count). The summed E-state index contributed by atoms with van der Waals surface area (Å²) in [5, 5.41) is 7.22. The van der Waals surface area contributed by atoms with E-state index in [9.17, 15) is 4.79 Å². The molecule has 1 aliphatic heterocycles. The van der Waals surface area contributed by atoms with Crippen LogP contribution in [0.3, 0.4) is 0 Å². The Bertz CT molecular complexity index is 502. The Hall–Kier alpha value is -1.40. The molecule has 2 aliphatic rings. The van der Waals surface area contributed by atoms with Gasteiger partial charge in [-0.15, -0.1) is 0 Å². The Morgan fingerprint density at radius 1 is 1.32 bits per heavy atom. The molecule has 1 aromatic heterocycles. The SMILES string of the molecule is Cn1nccc1C(=O)NCC1(N2CCOCC2)CCCCC1. The Balaban J connectivity index is 1.67. The lowest BCUT2D eigenvalue weighted by Gasteiger charge is -2.48. The molecular formula is C16H26N4O2. The summed E-state index contributed by atoms with van der Waals surface area (Å²) in [6, 6.07) is 1.76. The number of carbonyl (C=O) groups is 1. The summed E-state index contributed by atoms with van der Waals surface area (Å²) in [6.45, 7) is 4.27. The maximum atomic E-state index is 12.4. The van der Waals surface area contributed by atoms with Crippen LogP contribution >= 0.6 is 0 Å². The Morgan fingerprint density at radius 3 is 2.68 bits per heavy atom. The van der Waals surface area contributed by atoms with Crippen LogP contribution in [0.15, 0.2) is 12.3 Å². The molecule has 1 amide bonds. The summed E-state index contributed by atoms with van der Waals surface area (Å²) in [6.07, 6.45) is 7.80. The first-order chi connectivity index (χ1) is 10.7. The Labute approximate surface area is 131 Å². The fourth-order valence-corrected chi connectivity index (χ4v) is 3.78. The van der Waals surface area contributed by atoms with Crippen molar-refractivity contribution in [3.05, 3.63) is 18.0 Å². The van der Waals surface area contributed by atoms with Gasteiger partial charge in [0.2, 0.25) is 0 Å². The van der Waals surface area contributed by atoms with Crippen molar-refractivity contribution in [1.29, 1.82) is 0 Å². The zero-order chi connectivity index (χ0) is 15.4. The molecule has 122 valence electrons. The van der Waals surface area contributed by atoms with Gasteiger partial charge >= 0.3 is 0 Å². The lowest BCUT2D eigenvalue weighted by Crippen LogP contribution is -2.59. The molecule has 1 saturated heterocycles. The highest BCUT2D eigenvalue weighted by molar-refractivity contribution is 5.92. The fourth-order valence-electron chi connectivity index (χ4n) is 3.78. The zero-order valence-electron chi connectivity index (χ0n) is 13.4. The number of morpholine rings is 1. The van der Waals surface area contributed by atoms with Gasteiger partial charge in [0.1, 0.15) is 5.69 Å². The third-order valence-electron chi connectivity index (χ3n) is 5.10. The van der Waals surface area contributed by atoms with Crippen molar-refractivity contribution in [1.82, 2.24) is 20.0 Å². The number of rotatable bonds is 4. The lowest BCUT2D eigenvalue weighted by atomic mass is 9.79. The predicted octanol–water partition coefficient (Wildman–Crippen LogP) is 1.18. The van der Waals surface area contributed by atoms with E-state index in [1.165, 1.54) is 32.1 Å². The van der Waals surface area contributed by atoms with Gasteiger partial charge in [0.05, 0.1) is 13.2 Å². The van der Waals surface area contributed by atoms with Gasteiger partial charge in [0.15, 0.2) is 0 Å². The number of hydrogen-bond acceptors (Lipinski definition) is 4. The number of ether oxygens (including phenoxy) is 1. The molecule has 22 heavy (non-hydrogen) atoms. The molecule has 6 nitrogen and oxygen atoms in total. The van der Waals surface area contributed by atoms with Gasteiger partial charge in [-0.2, -0.15) is 5.10 Å². The summed E-state index contributed by atoms with van der Waals surface area (Å²) >= 11 is 0. The lowest BCUT2D eigenvalue weighted by molar-refractivity contribution is -0.0361. The first kappa shape index (κ1) is 15.5. The van der Waals surface area contributed by atoms with Crippen LogP contribution in [0.25, 0.3) is 0 Å². The summed E-state index contributed by atoms with van der Waals surface area (Å²) in [5.74, 6) is -0.0294. The van der Waals surface area contributed by atoms with Crippen molar-refractivity contribution in [2.75, 3.05) is 32.8 Å². The maximum absolute atomic E-state index is 12.4. The molecule has 0 aromatic carbocycles.